The van der Waals surface area contributed by atoms with Gasteiger partial charge in [-0.2, -0.15) is 0 Å². The zero-order chi connectivity index (χ0) is 20.8. The summed E-state index contributed by atoms with van der Waals surface area (Å²) >= 11 is 0. The fraction of sp³-hybridized carbons (Fsp3) is 0.333. The number of carbonyl (C=O) groups is 2. The highest BCUT2D eigenvalue weighted by Gasteiger charge is 2.21. The van der Waals surface area contributed by atoms with Crippen LogP contribution < -0.4 is 14.2 Å². The van der Waals surface area contributed by atoms with Crippen LogP contribution in [0.25, 0.3) is 0 Å². The summed E-state index contributed by atoms with van der Waals surface area (Å²) in [5.41, 5.74) is 2.41. The zero-order valence-corrected chi connectivity index (χ0v) is 16.8. The van der Waals surface area contributed by atoms with E-state index in [1.54, 1.807) is 12.1 Å². The van der Waals surface area contributed by atoms with Crippen molar-refractivity contribution in [2.45, 2.75) is 20.4 Å². The highest BCUT2D eigenvalue weighted by Crippen LogP contribution is 2.35. The van der Waals surface area contributed by atoms with Crippen LogP contribution in [0, 0.1) is 13.8 Å². The van der Waals surface area contributed by atoms with Gasteiger partial charge in [0.15, 0.2) is 18.1 Å². The first-order chi connectivity index (χ1) is 13.4. The van der Waals surface area contributed by atoms with Crippen LogP contribution in [0.5, 0.6) is 17.2 Å². The van der Waals surface area contributed by atoms with E-state index >= 15 is 0 Å². The standard InChI is InChI=1S/C21H25NO6/c1-7-8-22-13(2)9-15(14(22)3)17(23)12-28-21(24)16-10-19(26-5)20(27-6)11-18(16)25-4/h7,9-11H,1,8,12H2,2-6H3. The number of esters is 1. The Balaban J connectivity index is 2.19. The van der Waals surface area contributed by atoms with Gasteiger partial charge in [0.1, 0.15) is 11.3 Å². The second kappa shape index (κ2) is 9.12. The maximum absolute atomic E-state index is 12.6. The number of hydrogen-bond donors (Lipinski definition) is 0. The van der Waals surface area contributed by atoms with Crippen LogP contribution in [0.15, 0.2) is 30.9 Å². The first kappa shape index (κ1) is 21.1. The van der Waals surface area contributed by atoms with Crippen molar-refractivity contribution in [3.63, 3.8) is 0 Å². The van der Waals surface area contributed by atoms with Gasteiger partial charge in [0, 0.05) is 35.6 Å². The lowest BCUT2D eigenvalue weighted by Gasteiger charge is -2.13. The van der Waals surface area contributed by atoms with E-state index in [9.17, 15) is 9.59 Å². The van der Waals surface area contributed by atoms with E-state index in [0.717, 1.165) is 11.4 Å². The Labute approximate surface area is 164 Å². The largest absolute Gasteiger partial charge is 0.496 e. The molecule has 0 aliphatic heterocycles. The van der Waals surface area contributed by atoms with E-state index in [0.29, 0.717) is 23.6 Å². The van der Waals surface area contributed by atoms with Gasteiger partial charge < -0.3 is 23.5 Å². The van der Waals surface area contributed by atoms with Crippen molar-refractivity contribution >= 4 is 11.8 Å². The van der Waals surface area contributed by atoms with Crippen molar-refractivity contribution < 1.29 is 28.5 Å². The van der Waals surface area contributed by atoms with Crippen LogP contribution >= 0.6 is 0 Å². The van der Waals surface area contributed by atoms with E-state index in [2.05, 4.69) is 6.58 Å². The Bertz CT molecular complexity index is 897. The Kier molecular flexibility index (Phi) is 6.87. The number of nitrogens with zero attached hydrogens (tertiary/aromatic N) is 1. The van der Waals surface area contributed by atoms with Gasteiger partial charge in [-0.15, -0.1) is 6.58 Å². The molecule has 0 amide bonds. The van der Waals surface area contributed by atoms with Crippen LogP contribution in [0.2, 0.25) is 0 Å². The summed E-state index contributed by atoms with van der Waals surface area (Å²) in [7, 11) is 4.37. The van der Waals surface area contributed by atoms with Crippen LogP contribution in [0.1, 0.15) is 32.1 Å². The number of ether oxygens (including phenoxy) is 4. The third-order valence-corrected chi connectivity index (χ3v) is 4.45. The molecule has 7 heteroatoms. The molecule has 1 aromatic carbocycles. The topological polar surface area (TPSA) is 76.0 Å². The summed E-state index contributed by atoms with van der Waals surface area (Å²) in [4.78, 5) is 25.1. The summed E-state index contributed by atoms with van der Waals surface area (Å²) in [6, 6.07) is 4.77. The lowest BCUT2D eigenvalue weighted by molar-refractivity contribution is 0.0471. The van der Waals surface area contributed by atoms with Gasteiger partial charge in [0.2, 0.25) is 5.78 Å². The third kappa shape index (κ3) is 4.19. The van der Waals surface area contributed by atoms with Crippen LogP contribution in [0.4, 0.5) is 0 Å². The number of aromatic nitrogens is 1. The smallest absolute Gasteiger partial charge is 0.342 e. The number of carbonyl (C=O) groups excluding carboxylic acids is 2. The number of benzene rings is 1. The second-order valence-corrected chi connectivity index (χ2v) is 6.09. The normalized spacial score (nSPS) is 10.3. The van der Waals surface area contributed by atoms with Gasteiger partial charge in [0.05, 0.1) is 21.3 Å². The quantitative estimate of drug-likeness (QED) is 0.373. The molecular formula is C21H25NO6. The van der Waals surface area contributed by atoms with Gasteiger partial charge in [-0.05, 0) is 19.9 Å². The number of ketones is 1. The number of rotatable bonds is 9. The molecule has 2 aromatic rings. The third-order valence-electron chi connectivity index (χ3n) is 4.45. The molecule has 7 nitrogen and oxygen atoms in total. The number of methoxy groups -OCH3 is 3. The van der Waals surface area contributed by atoms with Gasteiger partial charge >= 0.3 is 5.97 Å². The highest BCUT2D eigenvalue weighted by molar-refractivity contribution is 6.01. The maximum Gasteiger partial charge on any atom is 0.342 e. The average Bonchev–Trinajstić information content (AvgIpc) is 2.99. The molecule has 150 valence electrons. The minimum absolute atomic E-state index is 0.144. The van der Waals surface area contributed by atoms with Gasteiger partial charge in [0.25, 0.3) is 0 Å². The Morgan fingerprint density at radius 2 is 1.57 bits per heavy atom. The molecule has 0 aliphatic carbocycles. The van der Waals surface area contributed by atoms with E-state index < -0.39 is 5.97 Å². The van der Waals surface area contributed by atoms with Crippen LogP contribution in [-0.2, 0) is 11.3 Å². The predicted molar refractivity (Wildman–Crippen MR) is 105 cm³/mol. The SMILES string of the molecule is C=CCn1c(C)cc(C(=O)COC(=O)c2cc(OC)c(OC)cc2OC)c1C. The van der Waals surface area contributed by atoms with E-state index in [1.165, 1.54) is 33.5 Å². The molecule has 0 atom stereocenters. The molecule has 0 bridgehead atoms. The minimum Gasteiger partial charge on any atom is -0.496 e. The van der Waals surface area contributed by atoms with Crippen molar-refractivity contribution in [1.29, 1.82) is 0 Å². The number of hydrogen-bond acceptors (Lipinski definition) is 6. The minimum atomic E-state index is -0.689. The molecule has 0 aliphatic rings. The maximum atomic E-state index is 12.6. The fourth-order valence-corrected chi connectivity index (χ4v) is 2.97. The Morgan fingerprint density at radius 1 is 0.964 bits per heavy atom. The fourth-order valence-electron chi connectivity index (χ4n) is 2.97. The molecule has 1 heterocycles. The summed E-state index contributed by atoms with van der Waals surface area (Å²) in [5, 5.41) is 0. The van der Waals surface area contributed by atoms with Gasteiger partial charge in [-0.25, -0.2) is 4.79 Å². The van der Waals surface area contributed by atoms with Gasteiger partial charge in [-0.3, -0.25) is 4.79 Å². The molecule has 0 spiro atoms. The number of aryl methyl sites for hydroxylation is 1. The van der Waals surface area contributed by atoms with Crippen molar-refractivity contribution in [3.05, 3.63) is 53.4 Å². The first-order valence-corrected chi connectivity index (χ1v) is 8.65. The summed E-state index contributed by atoms with van der Waals surface area (Å²) in [6.45, 7) is 7.71. The Morgan fingerprint density at radius 3 is 2.14 bits per heavy atom. The predicted octanol–water partition coefficient (Wildman–Crippen LogP) is 3.36. The second-order valence-electron chi connectivity index (χ2n) is 6.09. The lowest BCUT2D eigenvalue weighted by atomic mass is 10.1. The van der Waals surface area contributed by atoms with Crippen molar-refractivity contribution in [2.24, 2.45) is 0 Å². The monoisotopic (exact) mass is 387 g/mol. The van der Waals surface area contributed by atoms with Crippen molar-refractivity contribution in [1.82, 2.24) is 4.57 Å². The molecule has 1 aromatic heterocycles. The van der Waals surface area contributed by atoms with E-state index in [1.807, 2.05) is 18.4 Å². The summed E-state index contributed by atoms with van der Waals surface area (Å²) in [5.74, 6) is 0.0673. The van der Waals surface area contributed by atoms with Gasteiger partial charge in [-0.1, -0.05) is 6.08 Å². The molecule has 0 saturated heterocycles. The molecule has 0 fully saturated rings. The van der Waals surface area contributed by atoms with Crippen LogP contribution in [-0.4, -0.2) is 44.3 Å². The molecule has 0 saturated carbocycles. The van der Waals surface area contributed by atoms with Crippen molar-refractivity contribution in [2.75, 3.05) is 27.9 Å². The summed E-state index contributed by atoms with van der Waals surface area (Å²) in [6.07, 6.45) is 1.76. The van der Waals surface area contributed by atoms with E-state index in [-0.39, 0.29) is 23.7 Å². The molecule has 0 unspecified atom stereocenters. The van der Waals surface area contributed by atoms with E-state index in [4.69, 9.17) is 18.9 Å². The Hall–Kier alpha value is -3.22. The molecule has 0 radical (unpaired) electrons. The van der Waals surface area contributed by atoms with Crippen LogP contribution in [0.3, 0.4) is 0 Å². The molecule has 28 heavy (non-hydrogen) atoms. The lowest BCUT2D eigenvalue weighted by Crippen LogP contribution is -2.16. The summed E-state index contributed by atoms with van der Waals surface area (Å²) < 4.78 is 22.8. The van der Waals surface area contributed by atoms with Crippen molar-refractivity contribution in [3.8, 4) is 17.2 Å². The number of Topliss-reactive ketones (excluding diaryl/α,β-unsaturated/α-hetero) is 1. The first-order valence-electron chi connectivity index (χ1n) is 8.65. The molecule has 0 N–H and O–H groups in total. The molecular weight excluding hydrogens is 362 g/mol. The average molecular weight is 387 g/mol. The molecule has 2 rings (SSSR count). The zero-order valence-electron chi connectivity index (χ0n) is 16.8. The highest BCUT2D eigenvalue weighted by atomic mass is 16.5. The number of allylic oxidation sites excluding steroid dienone is 1.